The number of aryl methyl sites for hydroxylation is 1. The first-order chi connectivity index (χ1) is 8.83. The summed E-state index contributed by atoms with van der Waals surface area (Å²) in [5.41, 5.74) is 2.02. The molecule has 0 spiro atoms. The van der Waals surface area contributed by atoms with Gasteiger partial charge >= 0.3 is 0 Å². The third kappa shape index (κ3) is 3.05. The summed E-state index contributed by atoms with van der Waals surface area (Å²) in [7, 11) is 0. The third-order valence-corrected chi connectivity index (χ3v) is 2.79. The first kappa shape index (κ1) is 12.5. The van der Waals surface area contributed by atoms with Gasteiger partial charge in [0.15, 0.2) is 0 Å². The molecule has 0 fully saturated rings. The summed E-state index contributed by atoms with van der Waals surface area (Å²) in [6.07, 6.45) is 2.41. The Morgan fingerprint density at radius 2 is 2.00 bits per heavy atom. The fourth-order valence-electron chi connectivity index (χ4n) is 1.77. The monoisotopic (exact) mass is 243 g/mol. The van der Waals surface area contributed by atoms with Crippen molar-refractivity contribution in [3.05, 3.63) is 54.0 Å². The summed E-state index contributed by atoms with van der Waals surface area (Å²) in [6.45, 7) is 2.07. The van der Waals surface area contributed by atoms with E-state index in [4.69, 9.17) is 0 Å². The number of aliphatic hydroxyl groups excluding tert-OH is 1. The normalized spacial score (nSPS) is 12.1. The molecule has 4 nitrogen and oxygen atoms in total. The van der Waals surface area contributed by atoms with E-state index in [0.29, 0.717) is 0 Å². The maximum absolute atomic E-state index is 9.46. The van der Waals surface area contributed by atoms with Crippen LogP contribution < -0.4 is 5.32 Å². The number of nitrogens with one attached hydrogen (secondary N) is 1. The minimum Gasteiger partial charge on any atom is -0.394 e. The highest BCUT2D eigenvalue weighted by Crippen LogP contribution is 2.17. The Morgan fingerprint density at radius 3 is 2.67 bits per heavy atom. The molecule has 1 aromatic carbocycles. The van der Waals surface area contributed by atoms with Gasteiger partial charge in [-0.1, -0.05) is 37.3 Å². The molecule has 18 heavy (non-hydrogen) atoms. The van der Waals surface area contributed by atoms with E-state index in [1.165, 1.54) is 0 Å². The molecule has 0 aliphatic heterocycles. The summed E-state index contributed by atoms with van der Waals surface area (Å²) in [5.74, 6) is 0.741. The van der Waals surface area contributed by atoms with Crippen LogP contribution in [0.1, 0.15) is 24.2 Å². The van der Waals surface area contributed by atoms with E-state index in [-0.39, 0.29) is 12.6 Å². The predicted molar refractivity (Wildman–Crippen MR) is 71.3 cm³/mol. The van der Waals surface area contributed by atoms with Gasteiger partial charge in [-0.15, -0.1) is 0 Å². The summed E-state index contributed by atoms with van der Waals surface area (Å²) in [5, 5.41) is 12.7. The first-order valence-electron chi connectivity index (χ1n) is 6.06. The second-order valence-electron chi connectivity index (χ2n) is 4.04. The molecule has 1 aromatic heterocycles. The van der Waals surface area contributed by atoms with E-state index < -0.39 is 0 Å². The van der Waals surface area contributed by atoms with Crippen LogP contribution >= 0.6 is 0 Å². The molecule has 2 N–H and O–H groups in total. The zero-order valence-corrected chi connectivity index (χ0v) is 10.4. The van der Waals surface area contributed by atoms with Crippen LogP contribution in [0.25, 0.3) is 0 Å². The highest BCUT2D eigenvalue weighted by Gasteiger charge is 2.10. The van der Waals surface area contributed by atoms with Crippen molar-refractivity contribution in [2.45, 2.75) is 19.4 Å². The molecule has 0 saturated carbocycles. The van der Waals surface area contributed by atoms with Gasteiger partial charge in [0.2, 0.25) is 0 Å². The van der Waals surface area contributed by atoms with Gasteiger partial charge < -0.3 is 10.4 Å². The summed E-state index contributed by atoms with van der Waals surface area (Å²) in [6, 6.07) is 11.6. The number of benzene rings is 1. The van der Waals surface area contributed by atoms with Gasteiger partial charge in [-0.05, 0) is 12.0 Å². The first-order valence-corrected chi connectivity index (χ1v) is 6.06. The zero-order chi connectivity index (χ0) is 12.8. The van der Waals surface area contributed by atoms with Crippen molar-refractivity contribution < 1.29 is 5.11 Å². The van der Waals surface area contributed by atoms with E-state index in [1.807, 2.05) is 43.3 Å². The smallest absolute Gasteiger partial charge is 0.130 e. The molecule has 0 radical (unpaired) electrons. The lowest BCUT2D eigenvalue weighted by atomic mass is 10.1. The Kier molecular flexibility index (Phi) is 4.25. The SMILES string of the molecule is CCc1cc(NC(CO)c2ccccc2)ncn1. The average Bonchev–Trinajstić information content (AvgIpc) is 2.46. The second-order valence-corrected chi connectivity index (χ2v) is 4.04. The molecule has 0 bridgehead atoms. The number of aliphatic hydroxyl groups is 1. The van der Waals surface area contributed by atoms with E-state index in [9.17, 15) is 5.11 Å². The van der Waals surface area contributed by atoms with E-state index in [2.05, 4.69) is 15.3 Å². The van der Waals surface area contributed by atoms with Gasteiger partial charge in [-0.2, -0.15) is 0 Å². The fraction of sp³-hybridized carbons (Fsp3) is 0.286. The molecule has 2 rings (SSSR count). The third-order valence-electron chi connectivity index (χ3n) is 2.79. The number of hydrogen-bond donors (Lipinski definition) is 2. The van der Waals surface area contributed by atoms with Crippen molar-refractivity contribution in [1.29, 1.82) is 0 Å². The fourth-order valence-corrected chi connectivity index (χ4v) is 1.77. The molecule has 1 atom stereocenters. The van der Waals surface area contributed by atoms with Crippen LogP contribution in [0.2, 0.25) is 0 Å². The molecule has 1 heterocycles. The van der Waals surface area contributed by atoms with Gasteiger partial charge in [-0.3, -0.25) is 0 Å². The lowest BCUT2D eigenvalue weighted by Crippen LogP contribution is -2.15. The number of hydrogen-bond acceptors (Lipinski definition) is 4. The van der Waals surface area contributed by atoms with E-state index >= 15 is 0 Å². The van der Waals surface area contributed by atoms with Crippen molar-refractivity contribution in [3.8, 4) is 0 Å². The maximum Gasteiger partial charge on any atom is 0.130 e. The van der Waals surface area contributed by atoms with Gasteiger partial charge in [0.25, 0.3) is 0 Å². The van der Waals surface area contributed by atoms with Crippen molar-refractivity contribution in [2.75, 3.05) is 11.9 Å². The van der Waals surface area contributed by atoms with Crippen LogP contribution in [0.15, 0.2) is 42.7 Å². The maximum atomic E-state index is 9.46. The van der Waals surface area contributed by atoms with Crippen molar-refractivity contribution in [2.24, 2.45) is 0 Å². The number of aromatic nitrogens is 2. The minimum absolute atomic E-state index is 0.0233. The molecular formula is C14H17N3O. The Labute approximate surface area is 107 Å². The topological polar surface area (TPSA) is 58.0 Å². The van der Waals surface area contributed by atoms with Crippen LogP contribution in [-0.2, 0) is 6.42 Å². The van der Waals surface area contributed by atoms with Crippen LogP contribution in [0.4, 0.5) is 5.82 Å². The Hall–Kier alpha value is -1.94. The molecule has 4 heteroatoms. The van der Waals surface area contributed by atoms with Crippen LogP contribution in [0, 0.1) is 0 Å². The molecule has 94 valence electrons. The van der Waals surface area contributed by atoms with E-state index in [1.54, 1.807) is 6.33 Å². The van der Waals surface area contributed by atoms with Crippen molar-refractivity contribution in [1.82, 2.24) is 9.97 Å². The molecule has 1 unspecified atom stereocenters. The van der Waals surface area contributed by atoms with Crippen LogP contribution in [0.5, 0.6) is 0 Å². The second kappa shape index (κ2) is 6.12. The van der Waals surface area contributed by atoms with Crippen molar-refractivity contribution >= 4 is 5.82 Å². The average molecular weight is 243 g/mol. The highest BCUT2D eigenvalue weighted by molar-refractivity contribution is 5.39. The van der Waals surface area contributed by atoms with Gasteiger partial charge in [0.1, 0.15) is 12.1 Å². The number of nitrogens with zero attached hydrogens (tertiary/aromatic N) is 2. The van der Waals surface area contributed by atoms with Crippen molar-refractivity contribution in [3.63, 3.8) is 0 Å². The minimum atomic E-state index is -0.147. The van der Waals surface area contributed by atoms with Crippen LogP contribution in [-0.4, -0.2) is 21.7 Å². The molecule has 0 aliphatic rings. The molecule has 0 amide bonds. The van der Waals surface area contributed by atoms with E-state index in [0.717, 1.165) is 23.5 Å². The Balaban J connectivity index is 2.15. The van der Waals surface area contributed by atoms with Crippen LogP contribution in [0.3, 0.4) is 0 Å². The summed E-state index contributed by atoms with van der Waals surface area (Å²) in [4.78, 5) is 8.32. The Bertz CT molecular complexity index is 487. The highest BCUT2D eigenvalue weighted by atomic mass is 16.3. The molecule has 0 aliphatic carbocycles. The van der Waals surface area contributed by atoms with Gasteiger partial charge in [0.05, 0.1) is 12.6 Å². The standard InChI is InChI=1S/C14H17N3O/c1-2-12-8-14(16-10-15-12)17-13(9-18)11-6-4-3-5-7-11/h3-8,10,13,18H,2,9H2,1H3,(H,15,16,17). The predicted octanol–water partition coefficient (Wildman–Crippen LogP) is 2.18. The molecule has 2 aromatic rings. The largest absolute Gasteiger partial charge is 0.394 e. The number of anilines is 1. The summed E-state index contributed by atoms with van der Waals surface area (Å²) >= 11 is 0. The molecule has 0 saturated heterocycles. The molecular weight excluding hydrogens is 226 g/mol. The lowest BCUT2D eigenvalue weighted by Gasteiger charge is -2.17. The zero-order valence-electron chi connectivity index (χ0n) is 10.4. The Morgan fingerprint density at radius 1 is 1.22 bits per heavy atom. The lowest BCUT2D eigenvalue weighted by molar-refractivity contribution is 0.276. The summed E-state index contributed by atoms with van der Waals surface area (Å²) < 4.78 is 0. The number of rotatable bonds is 5. The quantitative estimate of drug-likeness (QED) is 0.845. The van der Waals surface area contributed by atoms with Gasteiger partial charge in [-0.25, -0.2) is 9.97 Å². The van der Waals surface area contributed by atoms with Gasteiger partial charge in [0, 0.05) is 11.8 Å².